The minimum absolute atomic E-state index is 0.180. The van der Waals surface area contributed by atoms with Gasteiger partial charge in [-0.2, -0.15) is 0 Å². The van der Waals surface area contributed by atoms with Gasteiger partial charge in [0.05, 0.1) is 10.7 Å². The van der Waals surface area contributed by atoms with Crippen LogP contribution in [0.25, 0.3) is 0 Å². The fourth-order valence-corrected chi connectivity index (χ4v) is 2.87. The molecule has 18 heavy (non-hydrogen) atoms. The second-order valence-electron chi connectivity index (χ2n) is 5.64. The van der Waals surface area contributed by atoms with Crippen LogP contribution in [0.4, 0.5) is 5.69 Å². The fourth-order valence-electron chi connectivity index (χ4n) is 2.52. The Bertz CT molecular complexity index is 399. The molecule has 0 aliphatic heterocycles. The van der Waals surface area contributed by atoms with Gasteiger partial charge in [0.15, 0.2) is 0 Å². The van der Waals surface area contributed by atoms with E-state index in [1.54, 1.807) is 0 Å². The second kappa shape index (κ2) is 5.94. The van der Waals surface area contributed by atoms with E-state index in [1.807, 2.05) is 6.92 Å². The molecular weight excluding hydrogens is 244 g/mol. The van der Waals surface area contributed by atoms with Crippen molar-refractivity contribution in [3.8, 4) is 0 Å². The van der Waals surface area contributed by atoms with Crippen molar-refractivity contribution in [2.45, 2.75) is 38.6 Å². The normalized spacial score (nSPS) is 17.3. The molecule has 0 aromatic heterocycles. The highest BCUT2D eigenvalue weighted by Gasteiger charge is 2.20. The van der Waals surface area contributed by atoms with Crippen LogP contribution in [0.15, 0.2) is 18.2 Å². The molecule has 1 atom stereocenters. The lowest BCUT2D eigenvalue weighted by Crippen LogP contribution is -2.29. The van der Waals surface area contributed by atoms with Gasteiger partial charge >= 0.3 is 0 Å². The van der Waals surface area contributed by atoms with Crippen LogP contribution < -0.4 is 10.6 Å². The van der Waals surface area contributed by atoms with Gasteiger partial charge in [0.2, 0.25) is 0 Å². The van der Waals surface area contributed by atoms with E-state index in [4.69, 9.17) is 17.3 Å². The number of hydrogen-bond donors (Lipinski definition) is 1. The van der Waals surface area contributed by atoms with Gasteiger partial charge in [0.25, 0.3) is 0 Å². The molecule has 2 N–H and O–H groups in total. The summed E-state index contributed by atoms with van der Waals surface area (Å²) in [6, 6.07) is 6.50. The van der Waals surface area contributed by atoms with E-state index in [0.29, 0.717) is 0 Å². The summed E-state index contributed by atoms with van der Waals surface area (Å²) >= 11 is 6.37. The topological polar surface area (TPSA) is 29.3 Å². The first-order valence-corrected chi connectivity index (χ1v) is 7.19. The Morgan fingerprint density at radius 3 is 2.67 bits per heavy atom. The Morgan fingerprint density at radius 2 is 2.17 bits per heavy atom. The average Bonchev–Trinajstić information content (AvgIpc) is 2.22. The molecule has 0 spiro atoms. The highest BCUT2D eigenvalue weighted by atomic mass is 35.5. The Morgan fingerprint density at radius 1 is 1.44 bits per heavy atom. The molecular formula is C15H23ClN2. The highest BCUT2D eigenvalue weighted by Crippen LogP contribution is 2.31. The standard InChI is InChI=1S/C15H23ClN2/c1-11(17)8-13-6-7-15(14(16)9-13)18(2)10-12-4-3-5-12/h6-7,9,11-12H,3-5,8,10,17H2,1-2H3. The van der Waals surface area contributed by atoms with Crippen LogP contribution in [0.1, 0.15) is 31.7 Å². The largest absolute Gasteiger partial charge is 0.373 e. The predicted octanol–water partition coefficient (Wildman–Crippen LogP) is 3.47. The summed E-state index contributed by atoms with van der Waals surface area (Å²) in [6.45, 7) is 3.14. The number of halogens is 1. The van der Waals surface area contributed by atoms with Crippen LogP contribution in [-0.4, -0.2) is 19.6 Å². The summed E-state index contributed by atoms with van der Waals surface area (Å²) < 4.78 is 0. The molecule has 0 saturated heterocycles. The second-order valence-corrected chi connectivity index (χ2v) is 6.05. The number of anilines is 1. The van der Waals surface area contributed by atoms with E-state index in [-0.39, 0.29) is 6.04 Å². The molecule has 1 aliphatic rings. The Kier molecular flexibility index (Phi) is 4.52. The summed E-state index contributed by atoms with van der Waals surface area (Å²) in [6.07, 6.45) is 5.00. The van der Waals surface area contributed by atoms with Gasteiger partial charge in [0.1, 0.15) is 0 Å². The van der Waals surface area contributed by atoms with Crippen molar-refractivity contribution < 1.29 is 0 Å². The summed E-state index contributed by atoms with van der Waals surface area (Å²) in [5.74, 6) is 0.856. The van der Waals surface area contributed by atoms with E-state index >= 15 is 0 Å². The lowest BCUT2D eigenvalue weighted by Gasteiger charge is -2.31. The first kappa shape index (κ1) is 13.7. The smallest absolute Gasteiger partial charge is 0.0642 e. The number of benzene rings is 1. The molecule has 3 heteroatoms. The maximum absolute atomic E-state index is 6.37. The zero-order valence-electron chi connectivity index (χ0n) is 11.3. The van der Waals surface area contributed by atoms with Crippen molar-refractivity contribution in [2.75, 3.05) is 18.5 Å². The van der Waals surface area contributed by atoms with Crippen LogP contribution in [-0.2, 0) is 6.42 Å². The maximum Gasteiger partial charge on any atom is 0.0642 e. The SMILES string of the molecule is CC(N)Cc1ccc(N(C)CC2CCC2)c(Cl)c1. The molecule has 2 nitrogen and oxygen atoms in total. The van der Waals surface area contributed by atoms with Crippen LogP contribution in [0.5, 0.6) is 0 Å². The molecule has 0 heterocycles. The summed E-state index contributed by atoms with van der Waals surface area (Å²) in [7, 11) is 2.13. The fraction of sp³-hybridized carbons (Fsp3) is 0.600. The van der Waals surface area contributed by atoms with E-state index < -0.39 is 0 Å². The van der Waals surface area contributed by atoms with Gasteiger partial charge in [-0.1, -0.05) is 24.1 Å². The van der Waals surface area contributed by atoms with Crippen molar-refractivity contribution in [3.63, 3.8) is 0 Å². The van der Waals surface area contributed by atoms with Crippen LogP contribution in [0.3, 0.4) is 0 Å². The van der Waals surface area contributed by atoms with Gasteiger partial charge in [0, 0.05) is 19.6 Å². The predicted molar refractivity (Wildman–Crippen MR) is 79.4 cm³/mol. The van der Waals surface area contributed by atoms with Crippen LogP contribution >= 0.6 is 11.6 Å². The minimum Gasteiger partial charge on any atom is -0.373 e. The minimum atomic E-state index is 0.180. The quantitative estimate of drug-likeness (QED) is 0.884. The molecule has 1 aromatic rings. The molecule has 2 rings (SSSR count). The van der Waals surface area contributed by atoms with E-state index in [1.165, 1.54) is 24.8 Å². The van der Waals surface area contributed by atoms with E-state index in [2.05, 4.69) is 30.1 Å². The van der Waals surface area contributed by atoms with Gasteiger partial charge in [-0.15, -0.1) is 0 Å². The average molecular weight is 267 g/mol. The third kappa shape index (κ3) is 3.39. The summed E-state index contributed by atoms with van der Waals surface area (Å²) in [4.78, 5) is 2.28. The lowest BCUT2D eigenvalue weighted by molar-refractivity contribution is 0.321. The van der Waals surface area contributed by atoms with Crippen LogP contribution in [0, 0.1) is 5.92 Å². The van der Waals surface area contributed by atoms with Gasteiger partial charge in [-0.25, -0.2) is 0 Å². The van der Waals surface area contributed by atoms with Crippen molar-refractivity contribution in [1.29, 1.82) is 0 Å². The third-order valence-corrected chi connectivity index (χ3v) is 4.04. The van der Waals surface area contributed by atoms with Crippen molar-refractivity contribution in [1.82, 2.24) is 0 Å². The highest BCUT2D eigenvalue weighted by molar-refractivity contribution is 6.33. The zero-order valence-corrected chi connectivity index (χ0v) is 12.1. The molecule has 1 aromatic carbocycles. The Balaban J connectivity index is 2.03. The zero-order chi connectivity index (χ0) is 13.1. The molecule has 0 amide bonds. The molecule has 1 aliphatic carbocycles. The monoisotopic (exact) mass is 266 g/mol. The van der Waals surface area contributed by atoms with Gasteiger partial charge in [-0.05, 0) is 49.8 Å². The number of nitrogens with zero attached hydrogens (tertiary/aromatic N) is 1. The number of rotatable bonds is 5. The molecule has 100 valence electrons. The lowest BCUT2D eigenvalue weighted by atomic mass is 9.85. The van der Waals surface area contributed by atoms with Crippen molar-refractivity contribution in [3.05, 3.63) is 28.8 Å². The summed E-state index contributed by atoms with van der Waals surface area (Å²) in [5, 5.41) is 0.843. The molecule has 0 bridgehead atoms. The maximum atomic E-state index is 6.37. The van der Waals surface area contributed by atoms with Gasteiger partial charge < -0.3 is 10.6 Å². The molecule has 1 unspecified atom stereocenters. The molecule has 1 saturated carbocycles. The first-order chi connectivity index (χ1) is 8.56. The summed E-state index contributed by atoms with van der Waals surface area (Å²) in [5.41, 5.74) is 8.16. The first-order valence-electron chi connectivity index (χ1n) is 6.81. The molecule has 1 fully saturated rings. The van der Waals surface area contributed by atoms with Crippen LogP contribution in [0.2, 0.25) is 5.02 Å². The Hall–Kier alpha value is -0.730. The number of hydrogen-bond acceptors (Lipinski definition) is 2. The van der Waals surface area contributed by atoms with Crippen molar-refractivity contribution >= 4 is 17.3 Å². The van der Waals surface area contributed by atoms with Gasteiger partial charge in [-0.3, -0.25) is 0 Å². The van der Waals surface area contributed by atoms with E-state index in [9.17, 15) is 0 Å². The number of nitrogens with two attached hydrogens (primary N) is 1. The third-order valence-electron chi connectivity index (χ3n) is 3.74. The molecule has 0 radical (unpaired) electrons. The van der Waals surface area contributed by atoms with E-state index in [0.717, 1.165) is 29.6 Å². The van der Waals surface area contributed by atoms with Crippen molar-refractivity contribution in [2.24, 2.45) is 11.7 Å². The Labute approximate surface area is 115 Å².